The molecule has 0 aliphatic rings. The number of hydrogen-bond acceptors (Lipinski definition) is 2. The van der Waals surface area contributed by atoms with Gasteiger partial charge < -0.3 is 10.1 Å². The maximum atomic E-state index is 11.1. The molecular weight excluding hydrogens is 190 g/mol. The minimum Gasteiger partial charge on any atom is -0.444 e. The highest BCUT2D eigenvalue weighted by Crippen LogP contribution is 2.23. The van der Waals surface area contributed by atoms with E-state index in [1.165, 1.54) is 19.3 Å². The summed E-state index contributed by atoms with van der Waals surface area (Å²) in [6, 6.07) is 0. The lowest BCUT2D eigenvalue weighted by Gasteiger charge is -2.27. The van der Waals surface area contributed by atoms with Gasteiger partial charge in [-0.15, -0.1) is 0 Å². The highest BCUT2D eigenvalue weighted by Gasteiger charge is 2.24. The Bertz CT molecular complexity index is 190. The number of carbonyl (C=O) groups excluding carboxylic acids is 1. The van der Waals surface area contributed by atoms with Gasteiger partial charge in [0.05, 0.1) is 0 Å². The summed E-state index contributed by atoms with van der Waals surface area (Å²) in [5.41, 5.74) is -0.368. The number of ether oxygens (including phenoxy) is 1. The van der Waals surface area contributed by atoms with Gasteiger partial charge in [-0.1, -0.05) is 33.1 Å². The van der Waals surface area contributed by atoms with Gasteiger partial charge in [0, 0.05) is 7.05 Å². The van der Waals surface area contributed by atoms with Gasteiger partial charge in [-0.3, -0.25) is 0 Å². The van der Waals surface area contributed by atoms with E-state index in [0.29, 0.717) is 5.92 Å². The molecule has 0 bridgehead atoms. The molecule has 0 heterocycles. The first kappa shape index (κ1) is 14.3. The van der Waals surface area contributed by atoms with Crippen molar-refractivity contribution in [2.45, 2.75) is 59.0 Å². The summed E-state index contributed by atoms with van der Waals surface area (Å²) < 4.78 is 5.29. The lowest BCUT2D eigenvalue weighted by atomic mass is 9.91. The fourth-order valence-electron chi connectivity index (χ4n) is 1.84. The Morgan fingerprint density at radius 2 is 2.07 bits per heavy atom. The second kappa shape index (κ2) is 6.70. The maximum Gasteiger partial charge on any atom is 0.407 e. The van der Waals surface area contributed by atoms with Crippen LogP contribution in [-0.4, -0.2) is 18.7 Å². The van der Waals surface area contributed by atoms with Gasteiger partial charge in [0.1, 0.15) is 5.60 Å². The van der Waals surface area contributed by atoms with Crippen molar-refractivity contribution < 1.29 is 9.53 Å². The molecule has 3 heteroatoms. The van der Waals surface area contributed by atoms with Crippen LogP contribution in [0.3, 0.4) is 0 Å². The van der Waals surface area contributed by atoms with E-state index in [4.69, 9.17) is 4.74 Å². The summed E-state index contributed by atoms with van der Waals surface area (Å²) in [6.07, 6.45) is 4.25. The number of hydrogen-bond donors (Lipinski definition) is 1. The van der Waals surface area contributed by atoms with Gasteiger partial charge in [-0.25, -0.2) is 4.79 Å². The van der Waals surface area contributed by atoms with Crippen molar-refractivity contribution in [3.8, 4) is 0 Å². The zero-order valence-electron chi connectivity index (χ0n) is 10.7. The molecule has 0 saturated heterocycles. The van der Waals surface area contributed by atoms with Crippen LogP contribution in [0.25, 0.3) is 0 Å². The van der Waals surface area contributed by atoms with E-state index in [2.05, 4.69) is 19.2 Å². The molecule has 1 atom stereocenters. The second-order valence-corrected chi connectivity index (χ2v) is 4.85. The van der Waals surface area contributed by atoms with Crippen LogP contribution in [0.5, 0.6) is 0 Å². The third-order valence-corrected chi connectivity index (χ3v) is 2.46. The molecule has 1 N–H and O–H groups in total. The van der Waals surface area contributed by atoms with Gasteiger partial charge in [-0.2, -0.15) is 0 Å². The summed E-state index contributed by atoms with van der Waals surface area (Å²) in [5, 5.41) is 2.48. The van der Waals surface area contributed by atoms with Crippen LogP contribution >= 0.6 is 0 Å². The first-order chi connectivity index (χ1) is 6.91. The van der Waals surface area contributed by atoms with Crippen LogP contribution < -0.4 is 5.32 Å². The van der Waals surface area contributed by atoms with E-state index in [-0.39, 0.29) is 11.7 Å². The van der Waals surface area contributed by atoms with Crippen molar-refractivity contribution in [1.29, 1.82) is 0 Å². The van der Waals surface area contributed by atoms with Crippen LogP contribution in [0.1, 0.15) is 53.4 Å². The number of alkyl carbamates (subject to hydrolysis) is 1. The molecule has 0 aromatic carbocycles. The number of nitrogens with one attached hydrogen (secondary N) is 1. The molecule has 1 amide bonds. The largest absolute Gasteiger partial charge is 0.444 e. The lowest BCUT2D eigenvalue weighted by Crippen LogP contribution is -2.34. The summed E-state index contributed by atoms with van der Waals surface area (Å²) in [7, 11) is 1.58. The third kappa shape index (κ3) is 7.23. The standard InChI is InChI=1S/C12H25NO2/c1-6-7-8-10(2)9-12(3,4)15-11(14)13-5/h10H,6-9H2,1-5H3,(H,13,14). The summed E-state index contributed by atoms with van der Waals surface area (Å²) in [6.45, 7) is 8.33. The molecule has 15 heavy (non-hydrogen) atoms. The first-order valence-electron chi connectivity index (χ1n) is 5.82. The van der Waals surface area contributed by atoms with Crippen LogP contribution in [-0.2, 0) is 4.74 Å². The molecule has 0 saturated carbocycles. The van der Waals surface area contributed by atoms with Crippen molar-refractivity contribution in [3.63, 3.8) is 0 Å². The van der Waals surface area contributed by atoms with Crippen LogP contribution in [0, 0.1) is 5.92 Å². The summed E-state index contributed by atoms with van der Waals surface area (Å²) in [4.78, 5) is 11.1. The monoisotopic (exact) mass is 215 g/mol. The minimum absolute atomic E-state index is 0.345. The number of amides is 1. The Morgan fingerprint density at radius 3 is 2.53 bits per heavy atom. The Balaban J connectivity index is 3.95. The summed E-state index contributed by atoms with van der Waals surface area (Å²) >= 11 is 0. The molecular formula is C12H25NO2. The number of rotatable bonds is 6. The predicted octanol–water partition coefficient (Wildman–Crippen LogP) is 3.34. The smallest absolute Gasteiger partial charge is 0.407 e. The van der Waals surface area contributed by atoms with E-state index in [1.54, 1.807) is 7.05 Å². The van der Waals surface area contributed by atoms with Gasteiger partial charge in [0.25, 0.3) is 0 Å². The van der Waals surface area contributed by atoms with Crippen LogP contribution in [0.15, 0.2) is 0 Å². The predicted molar refractivity (Wildman–Crippen MR) is 62.9 cm³/mol. The zero-order chi connectivity index (χ0) is 11.9. The van der Waals surface area contributed by atoms with E-state index in [0.717, 1.165) is 6.42 Å². The van der Waals surface area contributed by atoms with Gasteiger partial charge in [0.15, 0.2) is 0 Å². The van der Waals surface area contributed by atoms with E-state index in [1.807, 2.05) is 13.8 Å². The quantitative estimate of drug-likeness (QED) is 0.738. The molecule has 0 aromatic rings. The number of unbranched alkanes of at least 4 members (excludes halogenated alkanes) is 1. The molecule has 0 rings (SSSR count). The molecule has 0 aromatic heterocycles. The lowest BCUT2D eigenvalue weighted by molar-refractivity contribution is 0.0226. The Labute approximate surface area is 93.6 Å². The van der Waals surface area contributed by atoms with E-state index >= 15 is 0 Å². The van der Waals surface area contributed by atoms with Crippen molar-refractivity contribution in [2.75, 3.05) is 7.05 Å². The molecule has 3 nitrogen and oxygen atoms in total. The van der Waals surface area contributed by atoms with Crippen molar-refractivity contribution in [1.82, 2.24) is 5.32 Å². The fraction of sp³-hybridized carbons (Fsp3) is 0.917. The highest BCUT2D eigenvalue weighted by atomic mass is 16.6. The van der Waals surface area contributed by atoms with E-state index in [9.17, 15) is 4.79 Å². The fourth-order valence-corrected chi connectivity index (χ4v) is 1.84. The molecule has 0 aliphatic carbocycles. The van der Waals surface area contributed by atoms with Crippen LogP contribution in [0.2, 0.25) is 0 Å². The van der Waals surface area contributed by atoms with E-state index < -0.39 is 0 Å². The van der Waals surface area contributed by atoms with Gasteiger partial charge in [0.2, 0.25) is 0 Å². The Kier molecular flexibility index (Phi) is 6.37. The maximum absolute atomic E-state index is 11.1. The second-order valence-electron chi connectivity index (χ2n) is 4.85. The van der Waals surface area contributed by atoms with Gasteiger partial charge >= 0.3 is 6.09 Å². The third-order valence-electron chi connectivity index (χ3n) is 2.46. The Hall–Kier alpha value is -0.730. The number of carbonyl (C=O) groups is 1. The van der Waals surface area contributed by atoms with Crippen molar-refractivity contribution in [3.05, 3.63) is 0 Å². The van der Waals surface area contributed by atoms with Gasteiger partial charge in [-0.05, 0) is 26.2 Å². The Morgan fingerprint density at radius 1 is 1.47 bits per heavy atom. The molecule has 0 radical (unpaired) electrons. The summed E-state index contributed by atoms with van der Waals surface area (Å²) in [5.74, 6) is 0.601. The highest BCUT2D eigenvalue weighted by molar-refractivity contribution is 5.67. The molecule has 90 valence electrons. The minimum atomic E-state index is -0.368. The van der Waals surface area contributed by atoms with Crippen LogP contribution in [0.4, 0.5) is 4.79 Å². The molecule has 0 fully saturated rings. The normalized spacial score (nSPS) is 13.4. The average Bonchev–Trinajstić information content (AvgIpc) is 2.12. The SMILES string of the molecule is CCCCC(C)CC(C)(C)OC(=O)NC. The zero-order valence-corrected chi connectivity index (χ0v) is 10.7. The molecule has 0 aliphatic heterocycles. The first-order valence-corrected chi connectivity index (χ1v) is 5.82. The average molecular weight is 215 g/mol. The van der Waals surface area contributed by atoms with Crippen molar-refractivity contribution in [2.24, 2.45) is 5.92 Å². The molecule has 0 spiro atoms. The van der Waals surface area contributed by atoms with Crippen molar-refractivity contribution >= 4 is 6.09 Å². The topological polar surface area (TPSA) is 38.3 Å². The molecule has 1 unspecified atom stereocenters.